The molecule has 0 fully saturated rings. The number of carbonyl (C=O) groups excluding carboxylic acids is 3. The Balaban J connectivity index is 1.27. The van der Waals surface area contributed by atoms with Crippen molar-refractivity contribution >= 4 is 69.4 Å². The first-order chi connectivity index (χ1) is 18.8. The predicted octanol–water partition coefficient (Wildman–Crippen LogP) is 6.91. The van der Waals surface area contributed by atoms with Crippen LogP contribution >= 0.6 is 23.2 Å². The Kier molecular flexibility index (Phi) is 7.31. The summed E-state index contributed by atoms with van der Waals surface area (Å²) >= 11 is 12.0. The van der Waals surface area contributed by atoms with E-state index in [0.717, 1.165) is 28.4 Å². The van der Waals surface area contributed by atoms with Crippen LogP contribution in [0.5, 0.6) is 0 Å². The van der Waals surface area contributed by atoms with Gasteiger partial charge in [0.05, 0.1) is 10.7 Å². The summed E-state index contributed by atoms with van der Waals surface area (Å²) in [5, 5.41) is 8.34. The van der Waals surface area contributed by atoms with E-state index in [-0.39, 0.29) is 27.3 Å². The van der Waals surface area contributed by atoms with E-state index < -0.39 is 17.6 Å². The minimum atomic E-state index is -0.786. The summed E-state index contributed by atoms with van der Waals surface area (Å²) in [6.07, 6.45) is 0. The number of halogens is 3. The molecule has 4 aromatic rings. The van der Waals surface area contributed by atoms with Gasteiger partial charge in [-0.05, 0) is 72.8 Å². The molecule has 5 rings (SSSR count). The Hall–Kier alpha value is -4.66. The maximum Gasteiger partial charge on any atom is 0.283 e. The van der Waals surface area contributed by atoms with Crippen molar-refractivity contribution in [1.29, 1.82) is 0 Å². The largest absolute Gasteiger partial charge is 0.356 e. The van der Waals surface area contributed by atoms with Crippen LogP contribution in [-0.4, -0.2) is 17.7 Å². The molecule has 1 heterocycles. The lowest BCUT2D eigenvalue weighted by molar-refractivity contribution is -0.120. The third-order valence-corrected chi connectivity index (χ3v) is 6.43. The van der Waals surface area contributed by atoms with Crippen LogP contribution in [0.25, 0.3) is 0 Å². The first kappa shape index (κ1) is 26.0. The molecule has 0 saturated carbocycles. The average molecular weight is 561 g/mol. The second-order valence-corrected chi connectivity index (χ2v) is 9.25. The molecule has 1 aliphatic heterocycles. The number of amides is 3. The average Bonchev–Trinajstić information content (AvgIpc) is 3.15. The smallest absolute Gasteiger partial charge is 0.283 e. The monoisotopic (exact) mass is 560 g/mol. The molecule has 0 spiro atoms. The fraction of sp³-hybridized carbons (Fsp3) is 0. The summed E-state index contributed by atoms with van der Waals surface area (Å²) in [5.74, 6) is -2.59. The van der Waals surface area contributed by atoms with Crippen LogP contribution in [0.4, 0.5) is 32.8 Å². The van der Waals surface area contributed by atoms with Gasteiger partial charge in [-0.25, -0.2) is 9.29 Å². The molecule has 3 amide bonds. The summed E-state index contributed by atoms with van der Waals surface area (Å²) in [5.41, 5.74) is 2.96. The van der Waals surface area contributed by atoms with E-state index in [1.54, 1.807) is 30.3 Å². The Morgan fingerprint density at radius 3 is 2.08 bits per heavy atom. The van der Waals surface area contributed by atoms with E-state index in [0.29, 0.717) is 16.9 Å². The van der Waals surface area contributed by atoms with Crippen molar-refractivity contribution in [2.45, 2.75) is 0 Å². The summed E-state index contributed by atoms with van der Waals surface area (Å²) in [4.78, 5) is 39.4. The molecule has 3 N–H and O–H groups in total. The normalized spacial score (nSPS) is 13.1. The molecule has 39 heavy (non-hydrogen) atoms. The van der Waals surface area contributed by atoms with Crippen molar-refractivity contribution < 1.29 is 18.8 Å². The molecule has 0 aromatic heterocycles. The number of imide groups is 1. The lowest BCUT2D eigenvalue weighted by Gasteiger charge is -2.15. The third-order valence-electron chi connectivity index (χ3n) is 5.79. The zero-order valence-corrected chi connectivity index (χ0v) is 21.6. The quantitative estimate of drug-likeness (QED) is 0.214. The lowest BCUT2D eigenvalue weighted by Crippen LogP contribution is -2.32. The number of hydrogen-bond donors (Lipinski definition) is 3. The van der Waals surface area contributed by atoms with Crippen LogP contribution in [0.2, 0.25) is 5.02 Å². The summed E-state index contributed by atoms with van der Waals surface area (Å²) in [7, 11) is 0. The van der Waals surface area contributed by atoms with E-state index in [4.69, 9.17) is 23.2 Å². The third kappa shape index (κ3) is 5.62. The highest BCUT2D eigenvalue weighted by molar-refractivity contribution is 6.53. The summed E-state index contributed by atoms with van der Waals surface area (Å²) in [6.45, 7) is 0. The standard InChI is InChI=1S/C29H19Cl2FN4O3/c30-23-16-22(13-14-24(23)32)36-28(38)25(31)26(29(36)39)34-21-8-4-5-17(15-21)27(37)35-20-11-9-19(10-12-20)33-18-6-2-1-3-7-18/h1-16,33-34H,(H,35,37). The van der Waals surface area contributed by atoms with Gasteiger partial charge in [0.2, 0.25) is 0 Å². The minimum Gasteiger partial charge on any atom is -0.356 e. The Morgan fingerprint density at radius 2 is 1.36 bits per heavy atom. The van der Waals surface area contributed by atoms with Crippen molar-refractivity contribution in [2.24, 2.45) is 0 Å². The van der Waals surface area contributed by atoms with Crippen molar-refractivity contribution in [3.05, 3.63) is 124 Å². The molecular weight excluding hydrogens is 542 g/mol. The van der Waals surface area contributed by atoms with Crippen LogP contribution < -0.4 is 20.9 Å². The molecule has 1 aliphatic rings. The van der Waals surface area contributed by atoms with Gasteiger partial charge in [-0.15, -0.1) is 0 Å². The van der Waals surface area contributed by atoms with Gasteiger partial charge in [0.1, 0.15) is 16.5 Å². The van der Waals surface area contributed by atoms with Crippen molar-refractivity contribution in [3.63, 3.8) is 0 Å². The molecule has 4 aromatic carbocycles. The fourth-order valence-electron chi connectivity index (χ4n) is 3.88. The zero-order chi connectivity index (χ0) is 27.5. The lowest BCUT2D eigenvalue weighted by atomic mass is 10.1. The Bertz CT molecular complexity index is 1630. The Labute approximate surface area is 232 Å². The van der Waals surface area contributed by atoms with Crippen LogP contribution in [0, 0.1) is 5.82 Å². The molecule has 0 bridgehead atoms. The molecule has 10 heteroatoms. The summed E-state index contributed by atoms with van der Waals surface area (Å²) in [6, 6.07) is 26.8. The highest BCUT2D eigenvalue weighted by Gasteiger charge is 2.39. The van der Waals surface area contributed by atoms with Crippen molar-refractivity contribution in [3.8, 4) is 0 Å². The fourth-order valence-corrected chi connectivity index (χ4v) is 4.27. The highest BCUT2D eigenvalue weighted by atomic mass is 35.5. The number of nitrogens with one attached hydrogen (secondary N) is 3. The zero-order valence-electron chi connectivity index (χ0n) is 20.0. The van der Waals surface area contributed by atoms with E-state index >= 15 is 0 Å². The van der Waals surface area contributed by atoms with Crippen molar-refractivity contribution in [1.82, 2.24) is 0 Å². The van der Waals surface area contributed by atoms with E-state index in [1.165, 1.54) is 12.1 Å². The van der Waals surface area contributed by atoms with Gasteiger partial charge in [0.25, 0.3) is 17.7 Å². The second kappa shape index (κ2) is 11.0. The number of hydrogen-bond acceptors (Lipinski definition) is 5. The van der Waals surface area contributed by atoms with Gasteiger partial charge in [0.15, 0.2) is 0 Å². The second-order valence-electron chi connectivity index (χ2n) is 8.46. The molecule has 0 aliphatic carbocycles. The molecule has 7 nitrogen and oxygen atoms in total. The molecule has 0 unspecified atom stereocenters. The minimum absolute atomic E-state index is 0.0736. The number of nitrogens with zero attached hydrogens (tertiary/aromatic N) is 1. The molecule has 194 valence electrons. The number of para-hydroxylation sites is 1. The maximum atomic E-state index is 13.6. The van der Waals surface area contributed by atoms with Crippen LogP contribution in [0.15, 0.2) is 108 Å². The van der Waals surface area contributed by atoms with Crippen molar-refractivity contribution in [2.75, 3.05) is 20.9 Å². The predicted molar refractivity (Wildman–Crippen MR) is 151 cm³/mol. The Morgan fingerprint density at radius 1 is 0.692 bits per heavy atom. The number of benzene rings is 4. The number of carbonyl (C=O) groups is 3. The van der Waals surface area contributed by atoms with Gasteiger partial charge in [0, 0.05) is 28.3 Å². The first-order valence-electron chi connectivity index (χ1n) is 11.6. The van der Waals surface area contributed by atoms with Gasteiger partial charge in [-0.3, -0.25) is 14.4 Å². The van der Waals surface area contributed by atoms with Gasteiger partial charge in [-0.1, -0.05) is 47.5 Å². The van der Waals surface area contributed by atoms with E-state index in [1.807, 2.05) is 42.5 Å². The topological polar surface area (TPSA) is 90.5 Å². The maximum absolute atomic E-state index is 13.6. The molecule has 0 radical (unpaired) electrons. The highest BCUT2D eigenvalue weighted by Crippen LogP contribution is 2.32. The molecular formula is C29H19Cl2FN4O3. The number of anilines is 5. The van der Waals surface area contributed by atoms with Crippen LogP contribution in [-0.2, 0) is 9.59 Å². The van der Waals surface area contributed by atoms with Gasteiger partial charge < -0.3 is 16.0 Å². The van der Waals surface area contributed by atoms with Gasteiger partial charge in [-0.2, -0.15) is 0 Å². The van der Waals surface area contributed by atoms with E-state index in [9.17, 15) is 18.8 Å². The van der Waals surface area contributed by atoms with Crippen LogP contribution in [0.3, 0.4) is 0 Å². The van der Waals surface area contributed by atoms with Gasteiger partial charge >= 0.3 is 0 Å². The summed E-state index contributed by atoms with van der Waals surface area (Å²) < 4.78 is 13.6. The molecule has 0 atom stereocenters. The van der Waals surface area contributed by atoms with Crippen LogP contribution in [0.1, 0.15) is 10.4 Å². The SMILES string of the molecule is O=C(Nc1ccc(Nc2ccccc2)cc1)c1cccc(NC2=C(Cl)C(=O)N(c3ccc(F)c(Cl)c3)C2=O)c1. The number of rotatable bonds is 7. The van der Waals surface area contributed by atoms with E-state index in [2.05, 4.69) is 16.0 Å². The first-order valence-corrected chi connectivity index (χ1v) is 12.4. The molecule has 0 saturated heterocycles.